The van der Waals surface area contributed by atoms with Crippen LogP contribution in [0.4, 0.5) is 0 Å². The number of ether oxygens (including phenoxy) is 3. The lowest BCUT2D eigenvalue weighted by atomic mass is 9.62. The summed E-state index contributed by atoms with van der Waals surface area (Å²) in [6, 6.07) is 23.5. The SMILES string of the molecule is CN(C(=O)[C@@]12C[C@H]3OC(=O)[C@@H]1N(Cc1ccc(I)cc1)O[C@@H]2[C@H]1OC2(Cc4ccccc4C2)O[C@H]13)[C@H](Cc1ccccc1)C(=O)NCCO. The van der Waals surface area contributed by atoms with Crippen LogP contribution < -0.4 is 5.32 Å². The van der Waals surface area contributed by atoms with Crippen molar-refractivity contribution in [2.45, 2.75) is 74.5 Å². The quantitative estimate of drug-likeness (QED) is 0.249. The van der Waals surface area contributed by atoms with E-state index in [9.17, 15) is 14.7 Å². The van der Waals surface area contributed by atoms with Gasteiger partial charge >= 0.3 is 5.97 Å². The van der Waals surface area contributed by atoms with Gasteiger partial charge in [-0.15, -0.1) is 0 Å². The molecule has 3 aromatic carbocycles. The Labute approximate surface area is 297 Å². The molecular formula is C37H38IN3O8. The molecule has 0 aromatic heterocycles. The second kappa shape index (κ2) is 12.7. The van der Waals surface area contributed by atoms with Gasteiger partial charge in [0.2, 0.25) is 11.8 Å². The zero-order valence-corrected chi connectivity index (χ0v) is 29.2. The molecule has 256 valence electrons. The van der Waals surface area contributed by atoms with Crippen LogP contribution in [0.15, 0.2) is 78.9 Å². The Morgan fingerprint density at radius 1 is 0.980 bits per heavy atom. The number of carbonyl (C=O) groups is 3. The third kappa shape index (κ3) is 5.56. The van der Waals surface area contributed by atoms with Crippen molar-refractivity contribution in [3.63, 3.8) is 0 Å². The van der Waals surface area contributed by atoms with E-state index in [0.29, 0.717) is 12.8 Å². The molecule has 3 saturated heterocycles. The third-order valence-electron chi connectivity index (χ3n) is 10.7. The lowest BCUT2D eigenvalue weighted by molar-refractivity contribution is -0.218. The van der Waals surface area contributed by atoms with Crippen molar-refractivity contribution in [3.05, 3.63) is 105 Å². The van der Waals surface area contributed by atoms with E-state index in [-0.39, 0.29) is 32.5 Å². The van der Waals surface area contributed by atoms with Gasteiger partial charge in [-0.2, -0.15) is 5.06 Å². The van der Waals surface area contributed by atoms with Crippen LogP contribution in [0, 0.1) is 8.99 Å². The number of esters is 1. The zero-order chi connectivity index (χ0) is 33.9. The molecule has 1 saturated carbocycles. The molecule has 49 heavy (non-hydrogen) atoms. The maximum Gasteiger partial charge on any atom is 0.327 e. The van der Waals surface area contributed by atoms with Crippen molar-refractivity contribution in [1.82, 2.24) is 15.3 Å². The minimum Gasteiger partial charge on any atom is -0.458 e. The highest BCUT2D eigenvalue weighted by Gasteiger charge is 2.77. The molecule has 12 heteroatoms. The van der Waals surface area contributed by atoms with Gasteiger partial charge in [-0.25, -0.2) is 0 Å². The van der Waals surface area contributed by atoms with Crippen molar-refractivity contribution in [2.24, 2.45) is 5.41 Å². The monoisotopic (exact) mass is 779 g/mol. The Morgan fingerprint density at radius 2 is 1.65 bits per heavy atom. The molecule has 0 radical (unpaired) electrons. The number of amides is 2. The molecule has 0 unspecified atom stereocenters. The summed E-state index contributed by atoms with van der Waals surface area (Å²) >= 11 is 2.24. The average Bonchev–Trinajstić information content (AvgIpc) is 3.78. The Hall–Kier alpha value is -3.40. The average molecular weight is 780 g/mol. The van der Waals surface area contributed by atoms with Gasteiger partial charge in [0.1, 0.15) is 35.9 Å². The van der Waals surface area contributed by atoms with E-state index in [1.54, 1.807) is 12.1 Å². The molecule has 3 aromatic rings. The van der Waals surface area contributed by atoms with E-state index in [1.165, 1.54) is 4.90 Å². The number of hydrogen-bond acceptors (Lipinski definition) is 9. The van der Waals surface area contributed by atoms with Gasteiger partial charge < -0.3 is 29.5 Å². The summed E-state index contributed by atoms with van der Waals surface area (Å²) in [6.45, 7) is 0.0372. The lowest BCUT2D eigenvalue weighted by Crippen LogP contribution is -2.70. The smallest absolute Gasteiger partial charge is 0.327 e. The number of benzene rings is 3. The van der Waals surface area contributed by atoms with E-state index in [2.05, 4.69) is 40.0 Å². The second-order valence-corrected chi connectivity index (χ2v) is 14.9. The number of aliphatic hydroxyl groups excluding tert-OH is 1. The maximum atomic E-state index is 15.3. The number of halogens is 1. The van der Waals surface area contributed by atoms with Crippen LogP contribution in [0.3, 0.4) is 0 Å². The summed E-state index contributed by atoms with van der Waals surface area (Å²) in [6.07, 6.45) is -1.52. The van der Waals surface area contributed by atoms with Crippen LogP contribution in [-0.2, 0) is 59.2 Å². The molecule has 8 rings (SSSR count). The van der Waals surface area contributed by atoms with E-state index < -0.39 is 65.5 Å². The topological polar surface area (TPSA) is 127 Å². The number of fused-ring (bicyclic) bond motifs is 5. The van der Waals surface area contributed by atoms with Crippen LogP contribution in [-0.4, -0.2) is 95.3 Å². The summed E-state index contributed by atoms with van der Waals surface area (Å²) < 4.78 is 20.8. The molecule has 4 fully saturated rings. The molecule has 7 atom stereocenters. The molecule has 2 aliphatic carbocycles. The summed E-state index contributed by atoms with van der Waals surface area (Å²) in [5, 5.41) is 13.8. The standard InChI is InChI=1S/C37H38IN3O8/c1-40(27(33(43)39-15-16-42)17-22-7-3-2-4-8-22)35(45)37-20-28-29-30(48-36(47-29)18-24-9-5-6-10-25(24)19-36)32(37)49-41(31(37)34(44)46-28)21-23-11-13-26(38)14-12-23/h2-14,27-32,42H,15-21H2,1H3,(H,39,43)/t27-,28-,29+,30+,31+,32-,37+/m1/s1. The first-order valence-corrected chi connectivity index (χ1v) is 17.8. The minimum atomic E-state index is -1.42. The Bertz CT molecular complexity index is 1730. The second-order valence-electron chi connectivity index (χ2n) is 13.7. The number of aliphatic hydroxyl groups is 1. The largest absolute Gasteiger partial charge is 0.458 e. The Morgan fingerprint density at radius 3 is 2.35 bits per heavy atom. The van der Waals surface area contributed by atoms with E-state index in [1.807, 2.05) is 66.7 Å². The number of nitrogens with one attached hydrogen (secondary N) is 1. The molecule has 2 amide bonds. The minimum absolute atomic E-state index is 0.0449. The van der Waals surface area contributed by atoms with Gasteiger partial charge in [0.15, 0.2) is 11.8 Å². The van der Waals surface area contributed by atoms with Crippen LogP contribution in [0.25, 0.3) is 0 Å². The molecular weight excluding hydrogens is 741 g/mol. The van der Waals surface area contributed by atoms with E-state index in [4.69, 9.17) is 19.0 Å². The highest BCUT2D eigenvalue weighted by Crippen LogP contribution is 2.59. The van der Waals surface area contributed by atoms with Crippen LogP contribution in [0.5, 0.6) is 0 Å². The van der Waals surface area contributed by atoms with Crippen molar-refractivity contribution in [2.75, 3.05) is 20.2 Å². The Kier molecular flexibility index (Phi) is 8.52. The number of nitrogens with zero attached hydrogens (tertiary/aromatic N) is 2. The molecule has 2 bridgehead atoms. The van der Waals surface area contributed by atoms with Gasteiger partial charge in [0.25, 0.3) is 0 Å². The highest BCUT2D eigenvalue weighted by atomic mass is 127. The molecule has 11 nitrogen and oxygen atoms in total. The molecule has 3 aliphatic heterocycles. The molecule has 2 N–H and O–H groups in total. The summed E-state index contributed by atoms with van der Waals surface area (Å²) in [7, 11) is 1.61. The first-order chi connectivity index (χ1) is 23.7. The number of carbonyl (C=O) groups excluding carboxylic acids is 3. The third-order valence-corrected chi connectivity index (χ3v) is 11.4. The maximum absolute atomic E-state index is 15.3. The molecule has 5 aliphatic rings. The van der Waals surface area contributed by atoms with Crippen molar-refractivity contribution >= 4 is 40.4 Å². The van der Waals surface area contributed by atoms with Gasteiger partial charge in [0.05, 0.1) is 13.2 Å². The first kappa shape index (κ1) is 32.8. The fourth-order valence-corrected chi connectivity index (χ4v) is 8.88. The molecule has 3 heterocycles. The fraction of sp³-hybridized carbons (Fsp3) is 0.432. The summed E-state index contributed by atoms with van der Waals surface area (Å²) in [5.74, 6) is -2.33. The number of rotatable bonds is 9. The normalized spacial score (nSPS) is 29.6. The van der Waals surface area contributed by atoms with E-state index in [0.717, 1.165) is 25.8 Å². The van der Waals surface area contributed by atoms with Crippen LogP contribution in [0.1, 0.15) is 28.7 Å². The molecule has 1 spiro atoms. The number of hydrogen-bond donors (Lipinski definition) is 2. The van der Waals surface area contributed by atoms with E-state index >= 15 is 4.79 Å². The predicted octanol–water partition coefficient (Wildman–Crippen LogP) is 2.55. The van der Waals surface area contributed by atoms with Crippen molar-refractivity contribution in [1.29, 1.82) is 0 Å². The summed E-state index contributed by atoms with van der Waals surface area (Å²) in [4.78, 5) is 51.2. The number of likely N-dealkylation sites (N-methyl/N-ethyl adjacent to an activating group) is 1. The fourth-order valence-electron chi connectivity index (χ4n) is 8.52. The van der Waals surface area contributed by atoms with Gasteiger partial charge in [-0.3, -0.25) is 19.2 Å². The predicted molar refractivity (Wildman–Crippen MR) is 183 cm³/mol. The first-order valence-electron chi connectivity index (χ1n) is 16.7. The van der Waals surface area contributed by atoms with Crippen molar-refractivity contribution < 1.29 is 38.5 Å². The van der Waals surface area contributed by atoms with Crippen LogP contribution in [0.2, 0.25) is 0 Å². The summed E-state index contributed by atoms with van der Waals surface area (Å²) in [5.41, 5.74) is 2.61. The Balaban J connectivity index is 1.18. The van der Waals surface area contributed by atoms with Gasteiger partial charge in [-0.1, -0.05) is 66.7 Å². The number of hydroxylamine groups is 2. The zero-order valence-electron chi connectivity index (χ0n) is 27.0. The van der Waals surface area contributed by atoms with Gasteiger partial charge in [0, 0.05) is 42.8 Å². The van der Waals surface area contributed by atoms with Crippen LogP contribution >= 0.6 is 22.6 Å². The van der Waals surface area contributed by atoms with Gasteiger partial charge in [-0.05, 0) is 57.0 Å². The highest BCUT2D eigenvalue weighted by molar-refractivity contribution is 14.1. The van der Waals surface area contributed by atoms with Crippen molar-refractivity contribution in [3.8, 4) is 0 Å². The lowest BCUT2D eigenvalue weighted by Gasteiger charge is -2.50.